The van der Waals surface area contributed by atoms with E-state index in [0.717, 1.165) is 22.5 Å². The molecule has 0 saturated carbocycles. The van der Waals surface area contributed by atoms with Crippen LogP contribution in [-0.4, -0.2) is 5.11 Å². The van der Waals surface area contributed by atoms with Gasteiger partial charge in [0.1, 0.15) is 0 Å². The summed E-state index contributed by atoms with van der Waals surface area (Å²) in [6, 6.07) is 18.2. The standard InChI is InChI=1S/C22H19NO3/c1-22(2)16-10-6-7-11-17(16)23(13-14-8-4-3-5-9-14)18(22)12-15-19(24)21(26)20(15)25/h3-12,24H,13H2,1-2H3/b18-12+. The van der Waals surface area contributed by atoms with Crippen molar-refractivity contribution in [3.05, 3.63) is 97.4 Å². The van der Waals surface area contributed by atoms with Gasteiger partial charge in [0.25, 0.3) is 5.43 Å². The van der Waals surface area contributed by atoms with Crippen LogP contribution in [0, 0.1) is 0 Å². The quantitative estimate of drug-likeness (QED) is 0.740. The summed E-state index contributed by atoms with van der Waals surface area (Å²) in [4.78, 5) is 25.4. The Balaban J connectivity index is 1.87. The van der Waals surface area contributed by atoms with Crippen LogP contribution in [0.3, 0.4) is 0 Å². The Kier molecular flexibility index (Phi) is 3.58. The molecular weight excluding hydrogens is 326 g/mol. The van der Waals surface area contributed by atoms with E-state index < -0.39 is 16.6 Å². The summed E-state index contributed by atoms with van der Waals surface area (Å²) in [7, 11) is 0. The number of benzene rings is 2. The number of allylic oxidation sites excluding steroid dienone is 1. The highest BCUT2D eigenvalue weighted by atomic mass is 16.3. The number of anilines is 1. The SMILES string of the molecule is CC1(C)/C(=C\c2c(O)c(=O)c2=O)N(Cc2ccccc2)c2ccccc21. The summed E-state index contributed by atoms with van der Waals surface area (Å²) in [5, 5.41) is 9.82. The second-order valence-electron chi connectivity index (χ2n) is 7.16. The second kappa shape index (κ2) is 5.70. The summed E-state index contributed by atoms with van der Waals surface area (Å²) >= 11 is 0. The Morgan fingerprint density at radius 1 is 0.962 bits per heavy atom. The number of fused-ring (bicyclic) bond motifs is 1. The van der Waals surface area contributed by atoms with Crippen LogP contribution in [0.15, 0.2) is 69.9 Å². The molecule has 1 aliphatic heterocycles. The van der Waals surface area contributed by atoms with Crippen molar-refractivity contribution >= 4 is 11.8 Å². The van der Waals surface area contributed by atoms with Crippen LogP contribution in [-0.2, 0) is 12.0 Å². The number of rotatable bonds is 3. The lowest BCUT2D eigenvalue weighted by atomic mass is 9.83. The van der Waals surface area contributed by atoms with E-state index >= 15 is 0 Å². The molecule has 0 bridgehead atoms. The highest BCUT2D eigenvalue weighted by Crippen LogP contribution is 2.48. The number of para-hydroxylation sites is 1. The van der Waals surface area contributed by atoms with E-state index in [2.05, 4.69) is 43.0 Å². The lowest BCUT2D eigenvalue weighted by molar-refractivity contribution is 0.461. The van der Waals surface area contributed by atoms with Gasteiger partial charge in [-0.1, -0.05) is 62.4 Å². The van der Waals surface area contributed by atoms with Gasteiger partial charge >= 0.3 is 0 Å². The fourth-order valence-corrected chi connectivity index (χ4v) is 3.71. The van der Waals surface area contributed by atoms with Crippen molar-refractivity contribution in [3.63, 3.8) is 0 Å². The third-order valence-electron chi connectivity index (χ3n) is 5.18. The van der Waals surface area contributed by atoms with Crippen molar-refractivity contribution in [2.24, 2.45) is 0 Å². The molecular formula is C22H19NO3. The van der Waals surface area contributed by atoms with Gasteiger partial charge in [-0.15, -0.1) is 0 Å². The number of nitrogens with zero attached hydrogens (tertiary/aromatic N) is 1. The predicted octanol–water partition coefficient (Wildman–Crippen LogP) is 3.33. The molecule has 4 nitrogen and oxygen atoms in total. The molecule has 0 spiro atoms. The lowest BCUT2D eigenvalue weighted by Crippen LogP contribution is -2.34. The van der Waals surface area contributed by atoms with Crippen molar-refractivity contribution in [2.75, 3.05) is 4.90 Å². The summed E-state index contributed by atoms with van der Waals surface area (Å²) in [5.41, 5.74) is 2.58. The number of hydrogen-bond donors (Lipinski definition) is 1. The molecule has 4 heteroatoms. The Labute approximate surface area is 151 Å². The van der Waals surface area contributed by atoms with Crippen LogP contribution in [0.4, 0.5) is 5.69 Å². The van der Waals surface area contributed by atoms with Gasteiger partial charge in [-0.25, -0.2) is 0 Å². The van der Waals surface area contributed by atoms with Crippen molar-refractivity contribution in [2.45, 2.75) is 25.8 Å². The summed E-state index contributed by atoms with van der Waals surface area (Å²) in [6.45, 7) is 4.82. The highest BCUT2D eigenvalue weighted by molar-refractivity contribution is 5.77. The van der Waals surface area contributed by atoms with Gasteiger partial charge in [0, 0.05) is 23.3 Å². The van der Waals surface area contributed by atoms with Gasteiger partial charge in [-0.2, -0.15) is 0 Å². The van der Waals surface area contributed by atoms with Crippen molar-refractivity contribution < 1.29 is 5.11 Å². The summed E-state index contributed by atoms with van der Waals surface area (Å²) in [5.74, 6) is -0.436. The van der Waals surface area contributed by atoms with Crippen molar-refractivity contribution in [3.8, 4) is 5.75 Å². The molecule has 0 aromatic heterocycles. The van der Waals surface area contributed by atoms with Gasteiger partial charge in [-0.05, 0) is 23.3 Å². The molecule has 0 atom stereocenters. The largest absolute Gasteiger partial charge is 0.504 e. The normalized spacial score (nSPS) is 17.0. The van der Waals surface area contributed by atoms with Crippen LogP contribution in [0.5, 0.6) is 5.75 Å². The minimum atomic E-state index is -0.806. The Morgan fingerprint density at radius 2 is 1.62 bits per heavy atom. The van der Waals surface area contributed by atoms with E-state index in [4.69, 9.17) is 0 Å². The number of aromatic hydroxyl groups is 1. The number of hydrogen-bond acceptors (Lipinski definition) is 4. The molecule has 0 aliphatic carbocycles. The van der Waals surface area contributed by atoms with E-state index in [1.54, 1.807) is 6.08 Å². The third kappa shape index (κ3) is 2.30. The zero-order chi connectivity index (χ0) is 18.5. The van der Waals surface area contributed by atoms with Gasteiger partial charge in [0.05, 0.1) is 5.56 Å². The van der Waals surface area contributed by atoms with Crippen molar-refractivity contribution in [1.82, 2.24) is 0 Å². The average Bonchev–Trinajstić information content (AvgIpc) is 2.87. The Bertz CT molecular complexity index is 1090. The molecule has 0 unspecified atom stereocenters. The average molecular weight is 345 g/mol. The van der Waals surface area contributed by atoms with Gasteiger partial charge in [0.2, 0.25) is 5.43 Å². The Morgan fingerprint density at radius 3 is 2.31 bits per heavy atom. The topological polar surface area (TPSA) is 57.6 Å². The first-order valence-electron chi connectivity index (χ1n) is 8.56. The maximum Gasteiger partial charge on any atom is 0.268 e. The van der Waals surface area contributed by atoms with Gasteiger partial charge < -0.3 is 10.0 Å². The fraction of sp³-hybridized carbons (Fsp3) is 0.182. The van der Waals surface area contributed by atoms with Gasteiger partial charge in [-0.3, -0.25) is 9.59 Å². The molecule has 0 saturated heterocycles. The zero-order valence-electron chi connectivity index (χ0n) is 14.7. The molecule has 1 aliphatic rings. The molecule has 26 heavy (non-hydrogen) atoms. The molecule has 0 fully saturated rings. The molecule has 0 radical (unpaired) electrons. The first-order valence-corrected chi connectivity index (χ1v) is 8.56. The molecule has 0 amide bonds. The van der Waals surface area contributed by atoms with Crippen LogP contribution in [0.25, 0.3) is 6.08 Å². The molecule has 130 valence electrons. The van der Waals surface area contributed by atoms with Crippen molar-refractivity contribution in [1.29, 1.82) is 0 Å². The monoisotopic (exact) mass is 345 g/mol. The van der Waals surface area contributed by atoms with E-state index in [9.17, 15) is 14.7 Å². The second-order valence-corrected chi connectivity index (χ2v) is 7.16. The lowest BCUT2D eigenvalue weighted by Gasteiger charge is -2.27. The predicted molar refractivity (Wildman–Crippen MR) is 103 cm³/mol. The van der Waals surface area contributed by atoms with E-state index in [-0.39, 0.29) is 11.0 Å². The van der Waals surface area contributed by atoms with E-state index in [1.807, 2.05) is 30.3 Å². The van der Waals surface area contributed by atoms with Crippen LogP contribution in [0.1, 0.15) is 30.5 Å². The summed E-state index contributed by atoms with van der Waals surface area (Å²) in [6.07, 6.45) is 1.67. The summed E-state index contributed by atoms with van der Waals surface area (Å²) < 4.78 is 0. The van der Waals surface area contributed by atoms with E-state index in [0.29, 0.717) is 6.54 Å². The maximum absolute atomic E-state index is 11.9. The highest BCUT2D eigenvalue weighted by Gasteiger charge is 2.40. The van der Waals surface area contributed by atoms with E-state index in [1.165, 1.54) is 0 Å². The molecule has 4 rings (SSSR count). The zero-order valence-corrected chi connectivity index (χ0v) is 14.7. The van der Waals surface area contributed by atoms with Crippen LogP contribution < -0.4 is 15.8 Å². The van der Waals surface area contributed by atoms with Gasteiger partial charge in [0.15, 0.2) is 5.75 Å². The maximum atomic E-state index is 11.9. The van der Waals surface area contributed by atoms with Crippen LogP contribution in [0.2, 0.25) is 0 Å². The first kappa shape index (κ1) is 16.3. The molecule has 3 aromatic rings. The first-order chi connectivity index (χ1) is 12.4. The molecule has 1 heterocycles. The van der Waals surface area contributed by atoms with Crippen LogP contribution >= 0.6 is 0 Å². The molecule has 1 N–H and O–H groups in total. The smallest absolute Gasteiger partial charge is 0.268 e. The molecule has 3 aromatic carbocycles. The minimum absolute atomic E-state index is 0.101. The third-order valence-corrected chi connectivity index (χ3v) is 5.18. The minimum Gasteiger partial charge on any atom is -0.504 e. The fourth-order valence-electron chi connectivity index (χ4n) is 3.71. The Hall–Kier alpha value is -3.14.